The first kappa shape index (κ1) is 20.7. The molecule has 2 aromatic rings. The number of nitrogens with one attached hydrogen (secondary N) is 2. The number of carbonyl (C=O) groups excluding carboxylic acids is 1. The van der Waals surface area contributed by atoms with Crippen LogP contribution in [0.15, 0.2) is 30.5 Å². The average molecular weight is 415 g/mol. The summed E-state index contributed by atoms with van der Waals surface area (Å²) in [7, 11) is 0. The number of rotatable bonds is 3. The van der Waals surface area contributed by atoms with Crippen molar-refractivity contribution < 1.29 is 18.0 Å². The fourth-order valence-electron chi connectivity index (χ4n) is 4.21. The number of piperidine rings is 1. The van der Waals surface area contributed by atoms with Crippen LogP contribution in [0, 0.1) is 6.92 Å². The van der Waals surface area contributed by atoms with Crippen LogP contribution in [0.5, 0.6) is 0 Å². The van der Waals surface area contributed by atoms with Crippen molar-refractivity contribution >= 4 is 18.3 Å². The molecule has 2 fully saturated rings. The van der Waals surface area contributed by atoms with Gasteiger partial charge in [0.05, 0.1) is 17.4 Å². The number of hydrogen-bond acceptors (Lipinski definition) is 3. The van der Waals surface area contributed by atoms with Gasteiger partial charge >= 0.3 is 6.18 Å². The fraction of sp³-hybridized carbons (Fsp3) is 0.474. The molecule has 3 heterocycles. The highest BCUT2D eigenvalue weighted by Gasteiger charge is 2.41. The summed E-state index contributed by atoms with van der Waals surface area (Å²) in [6.45, 7) is 1.71. The summed E-state index contributed by atoms with van der Waals surface area (Å²) in [5, 5.41) is 10.1. The largest absolute Gasteiger partial charge is 0.434 e. The van der Waals surface area contributed by atoms with Crippen molar-refractivity contribution in [1.29, 1.82) is 0 Å². The quantitative estimate of drug-likeness (QED) is 0.806. The van der Waals surface area contributed by atoms with E-state index in [1.54, 1.807) is 31.2 Å². The summed E-state index contributed by atoms with van der Waals surface area (Å²) in [5.41, 5.74) is -0.514. The van der Waals surface area contributed by atoms with E-state index >= 15 is 0 Å². The topological polar surface area (TPSA) is 59.0 Å². The predicted molar refractivity (Wildman–Crippen MR) is 101 cm³/mol. The molecule has 5 nitrogen and oxygen atoms in total. The molecular weight excluding hydrogens is 393 g/mol. The maximum absolute atomic E-state index is 13.8. The lowest BCUT2D eigenvalue weighted by Crippen LogP contribution is -2.48. The molecule has 2 unspecified atom stereocenters. The van der Waals surface area contributed by atoms with Crippen molar-refractivity contribution in [2.75, 3.05) is 0 Å². The second-order valence-electron chi connectivity index (χ2n) is 7.38. The maximum Gasteiger partial charge on any atom is 0.434 e. The van der Waals surface area contributed by atoms with Crippen LogP contribution in [-0.4, -0.2) is 33.8 Å². The number of aromatic nitrogens is 2. The molecule has 2 aliphatic rings. The minimum atomic E-state index is -4.70. The highest BCUT2D eigenvalue weighted by molar-refractivity contribution is 5.95. The van der Waals surface area contributed by atoms with E-state index in [-0.39, 0.29) is 18.4 Å². The van der Waals surface area contributed by atoms with E-state index in [4.69, 9.17) is 0 Å². The molecule has 4 rings (SSSR count). The SMILES string of the molecule is Cc1ccccc1-n1ncc(C(=O)NC2CC3CCC(C2)N3)c1C(F)(F)F.Cl. The summed E-state index contributed by atoms with van der Waals surface area (Å²) in [5.74, 6) is -0.714. The van der Waals surface area contributed by atoms with E-state index in [0.717, 1.165) is 36.6 Å². The van der Waals surface area contributed by atoms with Gasteiger partial charge in [0, 0.05) is 18.1 Å². The molecule has 28 heavy (non-hydrogen) atoms. The number of amides is 1. The van der Waals surface area contributed by atoms with Gasteiger partial charge in [-0.3, -0.25) is 4.79 Å². The Kier molecular flexibility index (Phi) is 5.72. The number of para-hydroxylation sites is 1. The molecule has 0 spiro atoms. The molecule has 2 bridgehead atoms. The summed E-state index contributed by atoms with van der Waals surface area (Å²) in [4.78, 5) is 12.7. The van der Waals surface area contributed by atoms with Crippen molar-refractivity contribution in [2.45, 2.75) is 56.9 Å². The standard InChI is InChI=1S/C19H21F3N4O.ClH/c1-11-4-2-3-5-16(11)26-17(19(20,21)22)15(10-23-26)18(27)25-14-8-12-6-7-13(9-14)24-12;/h2-5,10,12-14,24H,6-9H2,1H3,(H,25,27);1H. The lowest BCUT2D eigenvalue weighted by Gasteiger charge is -2.29. The summed E-state index contributed by atoms with van der Waals surface area (Å²) in [6.07, 6.45) is -0.0873. The Labute approximate surface area is 167 Å². The van der Waals surface area contributed by atoms with Gasteiger partial charge in [-0.1, -0.05) is 18.2 Å². The number of fused-ring (bicyclic) bond motifs is 2. The van der Waals surface area contributed by atoms with Gasteiger partial charge in [-0.25, -0.2) is 4.68 Å². The third-order valence-corrected chi connectivity index (χ3v) is 5.43. The third kappa shape index (κ3) is 3.89. The summed E-state index contributed by atoms with van der Waals surface area (Å²) < 4.78 is 42.2. The van der Waals surface area contributed by atoms with E-state index in [2.05, 4.69) is 15.7 Å². The number of benzene rings is 1. The molecule has 152 valence electrons. The lowest BCUT2D eigenvalue weighted by atomic mass is 9.99. The van der Waals surface area contributed by atoms with Gasteiger partial charge in [-0.15, -0.1) is 12.4 Å². The van der Waals surface area contributed by atoms with Crippen LogP contribution in [0.25, 0.3) is 5.69 Å². The highest BCUT2D eigenvalue weighted by atomic mass is 35.5. The van der Waals surface area contributed by atoms with Crippen molar-refractivity contribution in [2.24, 2.45) is 0 Å². The molecule has 0 radical (unpaired) electrons. The van der Waals surface area contributed by atoms with E-state index in [1.807, 2.05) is 0 Å². The number of halogens is 4. The van der Waals surface area contributed by atoms with Gasteiger partial charge in [-0.05, 0) is 44.2 Å². The Morgan fingerprint density at radius 2 is 1.86 bits per heavy atom. The van der Waals surface area contributed by atoms with E-state index in [1.165, 1.54) is 0 Å². The van der Waals surface area contributed by atoms with Gasteiger partial charge < -0.3 is 10.6 Å². The zero-order chi connectivity index (χ0) is 19.2. The first-order valence-corrected chi connectivity index (χ1v) is 9.11. The molecule has 0 aliphatic carbocycles. The van der Waals surface area contributed by atoms with Gasteiger partial charge in [0.25, 0.3) is 5.91 Å². The van der Waals surface area contributed by atoms with Crippen LogP contribution in [0.2, 0.25) is 0 Å². The Bertz CT molecular complexity index is 855. The Hall–Kier alpha value is -2.06. The zero-order valence-corrected chi connectivity index (χ0v) is 16.1. The zero-order valence-electron chi connectivity index (χ0n) is 15.3. The summed E-state index contributed by atoms with van der Waals surface area (Å²) >= 11 is 0. The Balaban J connectivity index is 0.00000225. The number of alkyl halides is 3. The molecule has 2 saturated heterocycles. The number of carbonyl (C=O) groups is 1. The molecular formula is C19H22ClF3N4O. The Morgan fingerprint density at radius 1 is 1.21 bits per heavy atom. The van der Waals surface area contributed by atoms with Gasteiger partial charge in [0.2, 0.25) is 0 Å². The molecule has 2 N–H and O–H groups in total. The molecule has 2 aliphatic heterocycles. The number of nitrogens with zero attached hydrogens (tertiary/aromatic N) is 2. The van der Waals surface area contributed by atoms with Crippen LogP contribution in [0.4, 0.5) is 13.2 Å². The molecule has 1 aromatic carbocycles. The van der Waals surface area contributed by atoms with Crippen molar-refractivity contribution in [1.82, 2.24) is 20.4 Å². The molecule has 1 aromatic heterocycles. The number of hydrogen-bond donors (Lipinski definition) is 2. The van der Waals surface area contributed by atoms with Gasteiger partial charge in [0.1, 0.15) is 0 Å². The van der Waals surface area contributed by atoms with Gasteiger partial charge in [0.15, 0.2) is 5.69 Å². The first-order chi connectivity index (χ1) is 12.8. The highest BCUT2D eigenvalue weighted by Crippen LogP contribution is 2.34. The van der Waals surface area contributed by atoms with Crippen molar-refractivity contribution in [3.05, 3.63) is 47.3 Å². The second-order valence-corrected chi connectivity index (χ2v) is 7.38. The van der Waals surface area contributed by atoms with E-state index in [0.29, 0.717) is 23.3 Å². The van der Waals surface area contributed by atoms with Crippen LogP contribution in [-0.2, 0) is 6.18 Å². The van der Waals surface area contributed by atoms with Crippen molar-refractivity contribution in [3.63, 3.8) is 0 Å². The van der Waals surface area contributed by atoms with Crippen LogP contribution >= 0.6 is 12.4 Å². The first-order valence-electron chi connectivity index (χ1n) is 9.11. The monoisotopic (exact) mass is 414 g/mol. The predicted octanol–water partition coefficient (Wildman–Crippen LogP) is 3.63. The molecule has 9 heteroatoms. The third-order valence-electron chi connectivity index (χ3n) is 5.43. The lowest BCUT2D eigenvalue weighted by molar-refractivity contribution is -0.143. The van der Waals surface area contributed by atoms with Crippen molar-refractivity contribution in [3.8, 4) is 5.69 Å². The van der Waals surface area contributed by atoms with E-state index < -0.39 is 23.3 Å². The maximum atomic E-state index is 13.8. The Morgan fingerprint density at radius 3 is 2.46 bits per heavy atom. The second kappa shape index (κ2) is 7.75. The van der Waals surface area contributed by atoms with Gasteiger partial charge in [-0.2, -0.15) is 18.3 Å². The fourth-order valence-corrected chi connectivity index (χ4v) is 4.21. The van der Waals surface area contributed by atoms with E-state index in [9.17, 15) is 18.0 Å². The average Bonchev–Trinajstić information content (AvgIpc) is 3.19. The van der Waals surface area contributed by atoms with Crippen LogP contribution in [0.1, 0.15) is 47.3 Å². The van der Waals surface area contributed by atoms with Crippen LogP contribution < -0.4 is 10.6 Å². The summed E-state index contributed by atoms with van der Waals surface area (Å²) in [6, 6.07) is 7.23. The minimum Gasteiger partial charge on any atom is -0.349 e. The molecule has 0 saturated carbocycles. The normalized spacial score (nSPS) is 23.9. The van der Waals surface area contributed by atoms with Crippen LogP contribution in [0.3, 0.4) is 0 Å². The smallest absolute Gasteiger partial charge is 0.349 e. The molecule has 2 atom stereocenters. The minimum absolute atomic E-state index is 0. The molecule has 1 amide bonds. The number of aryl methyl sites for hydroxylation is 1.